The average Bonchev–Trinajstić information content (AvgIpc) is 3.10. The first-order valence-electron chi connectivity index (χ1n) is 6.48. The van der Waals surface area contributed by atoms with E-state index in [1.165, 1.54) is 6.26 Å². The summed E-state index contributed by atoms with van der Waals surface area (Å²) >= 11 is 0. The van der Waals surface area contributed by atoms with E-state index in [0.717, 1.165) is 11.3 Å². The van der Waals surface area contributed by atoms with E-state index < -0.39 is 5.97 Å². The minimum Gasteiger partial charge on any atom is -0.463 e. The molecule has 0 aliphatic carbocycles. The molecule has 0 unspecified atom stereocenters. The molecule has 0 spiro atoms. The molecule has 1 aliphatic rings. The molecule has 1 aliphatic heterocycles. The number of benzene rings is 1. The molecule has 0 fully saturated rings. The monoisotopic (exact) mass is 282 g/mol. The topological polar surface area (TPSA) is 55.0 Å². The molecule has 106 valence electrons. The van der Waals surface area contributed by atoms with Gasteiger partial charge in [0.1, 0.15) is 0 Å². The fraction of sp³-hybridized carbons (Fsp3) is 0.125. The molecular weight excluding hydrogens is 268 g/mol. The number of anilines is 1. The second-order valence-corrected chi connectivity index (χ2v) is 4.84. The quantitative estimate of drug-likeness (QED) is 0.641. The number of oxime groups is 1. The Morgan fingerprint density at radius 3 is 2.52 bits per heavy atom. The minimum absolute atomic E-state index is 0.391. The fourth-order valence-corrected chi connectivity index (χ4v) is 2.04. The molecule has 5 nitrogen and oxygen atoms in total. The van der Waals surface area contributed by atoms with E-state index >= 15 is 0 Å². The average molecular weight is 282 g/mol. The van der Waals surface area contributed by atoms with Crippen molar-refractivity contribution < 1.29 is 14.0 Å². The van der Waals surface area contributed by atoms with E-state index in [1.54, 1.807) is 18.2 Å². The zero-order valence-electron chi connectivity index (χ0n) is 11.7. The first-order chi connectivity index (χ1) is 10.1. The van der Waals surface area contributed by atoms with Crippen LogP contribution in [-0.4, -0.2) is 25.8 Å². The first kappa shape index (κ1) is 13.2. The Bertz CT molecular complexity index is 710. The van der Waals surface area contributed by atoms with Crippen molar-refractivity contribution in [2.75, 3.05) is 19.0 Å². The zero-order chi connectivity index (χ0) is 14.8. The van der Waals surface area contributed by atoms with Gasteiger partial charge < -0.3 is 14.2 Å². The van der Waals surface area contributed by atoms with E-state index in [4.69, 9.17) is 9.25 Å². The lowest BCUT2D eigenvalue weighted by Gasteiger charge is -2.11. The van der Waals surface area contributed by atoms with E-state index in [-0.39, 0.29) is 0 Å². The van der Waals surface area contributed by atoms with Gasteiger partial charge in [-0.15, -0.1) is 0 Å². The predicted molar refractivity (Wildman–Crippen MR) is 80.1 cm³/mol. The summed E-state index contributed by atoms with van der Waals surface area (Å²) in [5.74, 6) is 0.0371. The van der Waals surface area contributed by atoms with Gasteiger partial charge in [0.05, 0.1) is 11.8 Å². The van der Waals surface area contributed by atoms with Crippen LogP contribution in [-0.2, 0) is 9.63 Å². The van der Waals surface area contributed by atoms with Gasteiger partial charge in [-0.3, -0.25) is 0 Å². The number of nitrogens with zero attached hydrogens (tertiary/aromatic N) is 2. The molecule has 1 aromatic carbocycles. The molecule has 0 atom stereocenters. The number of hydrogen-bond donors (Lipinski definition) is 0. The Morgan fingerprint density at radius 1 is 1.14 bits per heavy atom. The summed E-state index contributed by atoms with van der Waals surface area (Å²) in [7, 11) is 3.95. The summed E-state index contributed by atoms with van der Waals surface area (Å²) < 4.78 is 5.27. The normalized spacial score (nSPS) is 16.0. The van der Waals surface area contributed by atoms with Crippen LogP contribution < -0.4 is 4.90 Å². The van der Waals surface area contributed by atoms with Gasteiger partial charge in [0.2, 0.25) is 0 Å². The van der Waals surface area contributed by atoms with Crippen molar-refractivity contribution in [2.45, 2.75) is 0 Å². The third kappa shape index (κ3) is 2.58. The highest BCUT2D eigenvalue weighted by Crippen LogP contribution is 2.22. The summed E-state index contributed by atoms with van der Waals surface area (Å²) in [5.41, 5.74) is 2.80. The van der Waals surface area contributed by atoms with Crippen LogP contribution in [0, 0.1) is 0 Å². The summed E-state index contributed by atoms with van der Waals surface area (Å²) in [6, 6.07) is 11.3. The van der Waals surface area contributed by atoms with Crippen LogP contribution in [0.15, 0.2) is 57.8 Å². The molecule has 0 saturated carbocycles. The first-order valence-corrected chi connectivity index (χ1v) is 6.48. The van der Waals surface area contributed by atoms with Gasteiger partial charge in [0, 0.05) is 19.8 Å². The Hall–Kier alpha value is -2.82. The summed E-state index contributed by atoms with van der Waals surface area (Å²) in [6.07, 6.45) is 3.28. The predicted octanol–water partition coefficient (Wildman–Crippen LogP) is 2.69. The van der Waals surface area contributed by atoms with Crippen molar-refractivity contribution in [3.8, 4) is 0 Å². The second kappa shape index (κ2) is 5.28. The van der Waals surface area contributed by atoms with Gasteiger partial charge in [-0.1, -0.05) is 17.3 Å². The van der Waals surface area contributed by atoms with Crippen LogP contribution >= 0.6 is 0 Å². The summed E-state index contributed by atoms with van der Waals surface area (Å²) in [4.78, 5) is 18.6. The molecule has 2 aromatic rings. The lowest BCUT2D eigenvalue weighted by Crippen LogP contribution is -2.08. The standard InChI is InChI=1S/C16H14N2O3/c1-18(2)12-7-5-11(6-8-12)10-13-15(17-21-16(13)19)14-4-3-9-20-14/h3-10H,1-2H3/b13-10+. The van der Waals surface area contributed by atoms with Gasteiger partial charge in [0.25, 0.3) is 0 Å². The fourth-order valence-electron chi connectivity index (χ4n) is 2.04. The van der Waals surface area contributed by atoms with Gasteiger partial charge in [0.15, 0.2) is 11.5 Å². The Labute approximate surface area is 122 Å². The molecule has 0 N–H and O–H groups in total. The van der Waals surface area contributed by atoms with Crippen molar-refractivity contribution in [1.29, 1.82) is 0 Å². The highest BCUT2D eigenvalue weighted by atomic mass is 16.7. The maximum absolute atomic E-state index is 11.8. The highest BCUT2D eigenvalue weighted by molar-refractivity contribution is 6.30. The number of rotatable bonds is 3. The number of carbonyl (C=O) groups is 1. The van der Waals surface area contributed by atoms with E-state index in [9.17, 15) is 4.79 Å². The third-order valence-corrected chi connectivity index (χ3v) is 3.17. The zero-order valence-corrected chi connectivity index (χ0v) is 11.7. The summed E-state index contributed by atoms with van der Waals surface area (Å²) in [6.45, 7) is 0. The number of carbonyl (C=O) groups excluding carboxylic acids is 1. The van der Waals surface area contributed by atoms with Crippen molar-refractivity contribution in [2.24, 2.45) is 5.16 Å². The number of hydrogen-bond acceptors (Lipinski definition) is 5. The Balaban J connectivity index is 1.93. The molecule has 1 aromatic heterocycles. The molecule has 3 rings (SSSR count). The molecule has 0 saturated heterocycles. The maximum atomic E-state index is 11.8. The molecule has 2 heterocycles. The minimum atomic E-state index is -0.474. The largest absolute Gasteiger partial charge is 0.463 e. The second-order valence-electron chi connectivity index (χ2n) is 4.84. The smallest absolute Gasteiger partial charge is 0.368 e. The third-order valence-electron chi connectivity index (χ3n) is 3.17. The molecular formula is C16H14N2O3. The summed E-state index contributed by atoms with van der Waals surface area (Å²) in [5, 5.41) is 3.78. The molecule has 21 heavy (non-hydrogen) atoms. The maximum Gasteiger partial charge on any atom is 0.368 e. The van der Waals surface area contributed by atoms with Gasteiger partial charge in [-0.05, 0) is 35.9 Å². The van der Waals surface area contributed by atoms with Crippen molar-refractivity contribution in [3.05, 3.63) is 59.6 Å². The molecule has 0 bridgehead atoms. The molecule has 5 heteroatoms. The van der Waals surface area contributed by atoms with Crippen molar-refractivity contribution >= 4 is 23.4 Å². The SMILES string of the molecule is CN(C)c1ccc(/C=C2/C(=O)ON=C2c2ccco2)cc1. The van der Waals surface area contributed by atoms with Crippen LogP contribution in [0.2, 0.25) is 0 Å². The lowest BCUT2D eigenvalue weighted by molar-refractivity contribution is -0.136. The molecule has 0 amide bonds. The Kier molecular flexibility index (Phi) is 3.31. The van der Waals surface area contributed by atoms with Gasteiger partial charge >= 0.3 is 5.97 Å². The number of furan rings is 1. The van der Waals surface area contributed by atoms with E-state index in [1.807, 2.05) is 43.3 Å². The van der Waals surface area contributed by atoms with Crippen LogP contribution in [0.25, 0.3) is 6.08 Å². The van der Waals surface area contributed by atoms with Crippen molar-refractivity contribution in [3.63, 3.8) is 0 Å². The van der Waals surface area contributed by atoms with Gasteiger partial charge in [-0.2, -0.15) is 0 Å². The van der Waals surface area contributed by atoms with Crippen LogP contribution in [0.3, 0.4) is 0 Å². The van der Waals surface area contributed by atoms with Crippen LogP contribution in [0.5, 0.6) is 0 Å². The Morgan fingerprint density at radius 2 is 1.90 bits per heavy atom. The molecule has 0 radical (unpaired) electrons. The van der Waals surface area contributed by atoms with Gasteiger partial charge in [-0.25, -0.2) is 4.79 Å². The van der Waals surface area contributed by atoms with E-state index in [0.29, 0.717) is 17.0 Å². The van der Waals surface area contributed by atoms with Crippen LogP contribution in [0.1, 0.15) is 11.3 Å². The van der Waals surface area contributed by atoms with Crippen molar-refractivity contribution in [1.82, 2.24) is 0 Å². The highest BCUT2D eigenvalue weighted by Gasteiger charge is 2.28. The lowest BCUT2D eigenvalue weighted by atomic mass is 10.1. The van der Waals surface area contributed by atoms with E-state index in [2.05, 4.69) is 5.16 Å². The van der Waals surface area contributed by atoms with Crippen LogP contribution in [0.4, 0.5) is 5.69 Å².